The van der Waals surface area contributed by atoms with Crippen LogP contribution in [0.5, 0.6) is 0 Å². The molecule has 0 saturated heterocycles. The lowest BCUT2D eigenvalue weighted by Crippen LogP contribution is -2.25. The molecule has 0 radical (unpaired) electrons. The molecule has 5 nitrogen and oxygen atoms in total. The number of pyridine rings is 1. The molecule has 0 spiro atoms. The SMILES string of the molecule is CC(=O)N(c1cc(NC(=O)Cc2c(Cl)cccc2Cl)ccn1)c1ccc(F)cc1F. The van der Waals surface area contributed by atoms with Gasteiger partial charge in [-0.05, 0) is 35.9 Å². The Morgan fingerprint density at radius 3 is 2.40 bits per heavy atom. The second-order valence-electron chi connectivity index (χ2n) is 6.28. The summed E-state index contributed by atoms with van der Waals surface area (Å²) in [5.74, 6) is -2.58. The van der Waals surface area contributed by atoms with Gasteiger partial charge in [0.1, 0.15) is 17.5 Å². The Bertz CT molecular complexity index is 1100. The van der Waals surface area contributed by atoms with Gasteiger partial charge in [-0.2, -0.15) is 0 Å². The van der Waals surface area contributed by atoms with E-state index in [0.29, 0.717) is 27.4 Å². The standard InChI is InChI=1S/C21H15Cl2F2N3O2/c1-12(29)28(19-6-5-13(24)9-18(19)25)20-10-14(7-8-26-20)27-21(30)11-15-16(22)3-2-4-17(15)23/h2-10H,11H2,1H3,(H,26,27,30). The van der Waals surface area contributed by atoms with Crippen molar-refractivity contribution in [1.82, 2.24) is 4.98 Å². The minimum Gasteiger partial charge on any atom is -0.326 e. The van der Waals surface area contributed by atoms with E-state index in [1.807, 2.05) is 0 Å². The van der Waals surface area contributed by atoms with Crippen molar-refractivity contribution in [3.63, 3.8) is 0 Å². The molecular weight excluding hydrogens is 435 g/mol. The molecule has 0 atom stereocenters. The van der Waals surface area contributed by atoms with Crippen molar-refractivity contribution in [2.75, 3.05) is 10.2 Å². The van der Waals surface area contributed by atoms with Gasteiger partial charge in [-0.3, -0.25) is 14.5 Å². The molecule has 0 saturated carbocycles. The van der Waals surface area contributed by atoms with E-state index in [1.54, 1.807) is 18.2 Å². The normalized spacial score (nSPS) is 10.6. The molecule has 3 rings (SSSR count). The third kappa shape index (κ3) is 4.93. The summed E-state index contributed by atoms with van der Waals surface area (Å²) in [4.78, 5) is 29.6. The minimum atomic E-state index is -0.921. The van der Waals surface area contributed by atoms with E-state index in [4.69, 9.17) is 23.2 Å². The number of nitrogens with one attached hydrogen (secondary N) is 1. The van der Waals surface area contributed by atoms with Gasteiger partial charge in [0.25, 0.3) is 0 Å². The number of aromatic nitrogens is 1. The average molecular weight is 450 g/mol. The number of nitrogens with zero attached hydrogens (tertiary/aromatic N) is 2. The van der Waals surface area contributed by atoms with Crippen LogP contribution >= 0.6 is 23.2 Å². The molecular formula is C21H15Cl2F2N3O2. The Hall–Kier alpha value is -3.03. The molecule has 2 aromatic carbocycles. The van der Waals surface area contributed by atoms with Gasteiger partial charge in [-0.1, -0.05) is 29.3 Å². The van der Waals surface area contributed by atoms with Gasteiger partial charge in [0, 0.05) is 41.0 Å². The first-order valence-electron chi connectivity index (χ1n) is 8.71. The van der Waals surface area contributed by atoms with Crippen LogP contribution in [0.25, 0.3) is 0 Å². The molecule has 1 aromatic heterocycles. The molecule has 3 aromatic rings. The lowest BCUT2D eigenvalue weighted by molar-refractivity contribution is -0.116. The smallest absolute Gasteiger partial charge is 0.229 e. The fourth-order valence-electron chi connectivity index (χ4n) is 2.80. The molecule has 1 heterocycles. The number of rotatable bonds is 5. The van der Waals surface area contributed by atoms with Crippen LogP contribution in [0.4, 0.5) is 26.0 Å². The van der Waals surface area contributed by atoms with E-state index in [0.717, 1.165) is 17.0 Å². The highest BCUT2D eigenvalue weighted by atomic mass is 35.5. The molecule has 0 aliphatic rings. The number of anilines is 3. The van der Waals surface area contributed by atoms with Gasteiger partial charge in [-0.15, -0.1) is 0 Å². The van der Waals surface area contributed by atoms with Gasteiger partial charge in [0.15, 0.2) is 0 Å². The molecule has 1 N–H and O–H groups in total. The van der Waals surface area contributed by atoms with Crippen molar-refractivity contribution >= 4 is 52.2 Å². The first kappa shape index (κ1) is 21.7. The van der Waals surface area contributed by atoms with Gasteiger partial charge >= 0.3 is 0 Å². The maximum Gasteiger partial charge on any atom is 0.229 e. The van der Waals surface area contributed by atoms with Crippen LogP contribution in [0.3, 0.4) is 0 Å². The Morgan fingerprint density at radius 2 is 1.77 bits per heavy atom. The monoisotopic (exact) mass is 449 g/mol. The van der Waals surface area contributed by atoms with Crippen molar-refractivity contribution in [2.24, 2.45) is 0 Å². The van der Waals surface area contributed by atoms with Crippen LogP contribution in [0.1, 0.15) is 12.5 Å². The molecule has 0 fully saturated rings. The van der Waals surface area contributed by atoms with E-state index in [9.17, 15) is 18.4 Å². The Kier molecular flexibility index (Phi) is 6.64. The van der Waals surface area contributed by atoms with Crippen molar-refractivity contribution in [2.45, 2.75) is 13.3 Å². The lowest BCUT2D eigenvalue weighted by atomic mass is 10.1. The minimum absolute atomic E-state index is 0.0570. The fourth-order valence-corrected chi connectivity index (χ4v) is 3.33. The summed E-state index contributed by atoms with van der Waals surface area (Å²) in [6, 6.07) is 10.7. The molecule has 0 aliphatic carbocycles. The summed E-state index contributed by atoms with van der Waals surface area (Å²) in [6.45, 7) is 1.22. The van der Waals surface area contributed by atoms with Crippen LogP contribution in [-0.4, -0.2) is 16.8 Å². The zero-order valence-corrected chi connectivity index (χ0v) is 17.1. The summed E-state index contributed by atoms with van der Waals surface area (Å²) >= 11 is 12.2. The van der Waals surface area contributed by atoms with E-state index in [-0.39, 0.29) is 17.9 Å². The summed E-state index contributed by atoms with van der Waals surface area (Å²) in [7, 11) is 0. The average Bonchev–Trinajstić information content (AvgIpc) is 2.67. The third-order valence-electron chi connectivity index (χ3n) is 4.12. The predicted octanol–water partition coefficient (Wildman–Crippen LogP) is 5.53. The topological polar surface area (TPSA) is 62.3 Å². The van der Waals surface area contributed by atoms with Crippen molar-refractivity contribution < 1.29 is 18.4 Å². The summed E-state index contributed by atoms with van der Waals surface area (Å²) in [5.41, 5.74) is 0.635. The quantitative estimate of drug-likeness (QED) is 0.556. The van der Waals surface area contributed by atoms with Crippen LogP contribution in [0, 0.1) is 11.6 Å². The predicted molar refractivity (Wildman–Crippen MR) is 112 cm³/mol. The van der Waals surface area contributed by atoms with E-state index in [1.165, 1.54) is 25.3 Å². The molecule has 30 heavy (non-hydrogen) atoms. The zero-order valence-electron chi connectivity index (χ0n) is 15.6. The van der Waals surface area contributed by atoms with Crippen LogP contribution < -0.4 is 10.2 Å². The van der Waals surface area contributed by atoms with Crippen molar-refractivity contribution in [1.29, 1.82) is 0 Å². The summed E-state index contributed by atoms with van der Waals surface area (Å²) < 4.78 is 27.5. The molecule has 154 valence electrons. The number of hydrogen-bond donors (Lipinski definition) is 1. The summed E-state index contributed by atoms with van der Waals surface area (Å²) in [5, 5.41) is 3.39. The van der Waals surface area contributed by atoms with Crippen molar-refractivity contribution in [3.05, 3.63) is 82.0 Å². The van der Waals surface area contributed by atoms with E-state index >= 15 is 0 Å². The number of carbonyl (C=O) groups is 2. The Balaban J connectivity index is 1.85. The molecule has 2 amide bonds. The van der Waals surface area contributed by atoms with Gasteiger partial charge in [0.2, 0.25) is 11.8 Å². The van der Waals surface area contributed by atoms with Gasteiger partial charge in [0.05, 0.1) is 12.1 Å². The molecule has 0 aliphatic heterocycles. The highest BCUT2D eigenvalue weighted by Crippen LogP contribution is 2.29. The molecule has 0 bridgehead atoms. The number of carbonyl (C=O) groups excluding carboxylic acids is 2. The second kappa shape index (κ2) is 9.19. The lowest BCUT2D eigenvalue weighted by Gasteiger charge is -2.21. The number of halogens is 4. The highest BCUT2D eigenvalue weighted by Gasteiger charge is 2.20. The Labute approximate surface area is 181 Å². The van der Waals surface area contributed by atoms with Crippen LogP contribution in [-0.2, 0) is 16.0 Å². The molecule has 9 heteroatoms. The third-order valence-corrected chi connectivity index (χ3v) is 4.83. The zero-order chi connectivity index (χ0) is 21.8. The molecule has 0 unspecified atom stereocenters. The maximum atomic E-state index is 14.2. The van der Waals surface area contributed by atoms with Crippen LogP contribution in [0.15, 0.2) is 54.7 Å². The Morgan fingerprint density at radius 1 is 1.07 bits per heavy atom. The number of hydrogen-bond acceptors (Lipinski definition) is 3. The number of benzene rings is 2. The van der Waals surface area contributed by atoms with E-state index < -0.39 is 23.4 Å². The van der Waals surface area contributed by atoms with Crippen molar-refractivity contribution in [3.8, 4) is 0 Å². The van der Waals surface area contributed by atoms with Gasteiger partial charge < -0.3 is 5.32 Å². The first-order chi connectivity index (χ1) is 14.3. The fraction of sp³-hybridized carbons (Fsp3) is 0.0952. The second-order valence-corrected chi connectivity index (χ2v) is 7.09. The summed E-state index contributed by atoms with van der Waals surface area (Å²) in [6.07, 6.45) is 1.28. The van der Waals surface area contributed by atoms with Crippen LogP contribution in [0.2, 0.25) is 10.0 Å². The van der Waals surface area contributed by atoms with Gasteiger partial charge in [-0.25, -0.2) is 13.8 Å². The highest BCUT2D eigenvalue weighted by molar-refractivity contribution is 6.36. The number of amides is 2. The largest absolute Gasteiger partial charge is 0.326 e. The maximum absolute atomic E-state index is 14.2. The van der Waals surface area contributed by atoms with E-state index in [2.05, 4.69) is 10.3 Å². The first-order valence-corrected chi connectivity index (χ1v) is 9.46.